The van der Waals surface area contributed by atoms with Crippen molar-refractivity contribution in [1.82, 2.24) is 14.8 Å². The standard InChI is InChI=1S/C23H28N4O3/c1-6-18(29-4)14-15-23(2,3)19-8-7-9-20-25-22(26-27(19)20)24-17-12-10-16(11-13-17)21(28)30-5/h6-7,9-15,19H,8H2,1-5H3,(H,24,26). The van der Waals surface area contributed by atoms with Crippen LogP contribution in [0.1, 0.15) is 49.4 Å². The van der Waals surface area contributed by atoms with E-state index in [1.165, 1.54) is 7.11 Å². The molecule has 30 heavy (non-hydrogen) atoms. The van der Waals surface area contributed by atoms with Crippen molar-refractivity contribution in [1.29, 1.82) is 0 Å². The third-order valence-electron chi connectivity index (χ3n) is 5.20. The largest absolute Gasteiger partial charge is 0.497 e. The van der Waals surface area contributed by atoms with Crippen molar-refractivity contribution in [2.24, 2.45) is 5.41 Å². The number of benzene rings is 1. The number of rotatable bonds is 7. The van der Waals surface area contributed by atoms with Crippen molar-refractivity contribution < 1.29 is 14.3 Å². The fourth-order valence-electron chi connectivity index (χ4n) is 3.38. The molecule has 0 saturated carbocycles. The Morgan fingerprint density at radius 3 is 2.60 bits per heavy atom. The van der Waals surface area contributed by atoms with Crippen LogP contribution in [-0.4, -0.2) is 35.0 Å². The second-order valence-electron chi connectivity index (χ2n) is 7.64. The summed E-state index contributed by atoms with van der Waals surface area (Å²) in [4.78, 5) is 16.2. The number of ether oxygens (including phenoxy) is 2. The molecule has 0 spiro atoms. The minimum absolute atomic E-state index is 0.119. The van der Waals surface area contributed by atoms with Gasteiger partial charge in [0.05, 0.1) is 25.8 Å². The normalized spacial score (nSPS) is 16.4. The first-order valence-corrected chi connectivity index (χ1v) is 9.86. The average molecular weight is 409 g/mol. The molecule has 1 aromatic carbocycles. The Kier molecular flexibility index (Phi) is 6.40. The number of methoxy groups -OCH3 is 2. The van der Waals surface area contributed by atoms with Crippen LogP contribution in [0, 0.1) is 5.41 Å². The second kappa shape index (κ2) is 8.98. The first-order chi connectivity index (χ1) is 14.4. The fraction of sp³-hybridized carbons (Fsp3) is 0.348. The van der Waals surface area contributed by atoms with Gasteiger partial charge in [0.1, 0.15) is 5.76 Å². The van der Waals surface area contributed by atoms with E-state index < -0.39 is 0 Å². The molecule has 1 unspecified atom stereocenters. The van der Waals surface area contributed by atoms with E-state index in [0.29, 0.717) is 11.5 Å². The Bertz CT molecular complexity index is 984. The van der Waals surface area contributed by atoms with E-state index in [0.717, 1.165) is 23.7 Å². The van der Waals surface area contributed by atoms with Crippen LogP contribution in [0.15, 0.2) is 54.3 Å². The molecule has 2 heterocycles. The SMILES string of the molecule is CC=C(C=CC(C)(C)C1CC=Cc2nc(Nc3ccc(C(=O)OC)cc3)nn21)OC. The van der Waals surface area contributed by atoms with Crippen LogP contribution in [0.5, 0.6) is 0 Å². The van der Waals surface area contributed by atoms with E-state index in [4.69, 9.17) is 14.6 Å². The number of nitrogens with one attached hydrogen (secondary N) is 1. The summed E-state index contributed by atoms with van der Waals surface area (Å²) >= 11 is 0. The van der Waals surface area contributed by atoms with Gasteiger partial charge in [0.15, 0.2) is 5.82 Å². The first kappa shape index (κ1) is 21.4. The summed E-state index contributed by atoms with van der Waals surface area (Å²) in [6.45, 7) is 6.31. The lowest BCUT2D eigenvalue weighted by Crippen LogP contribution is -2.28. The molecule has 1 atom stereocenters. The molecule has 0 fully saturated rings. The average Bonchev–Trinajstić information content (AvgIpc) is 3.16. The summed E-state index contributed by atoms with van der Waals surface area (Å²) < 4.78 is 12.0. The van der Waals surface area contributed by atoms with Crippen LogP contribution < -0.4 is 5.32 Å². The summed E-state index contributed by atoms with van der Waals surface area (Å²) in [6, 6.07) is 7.13. The lowest BCUT2D eigenvalue weighted by molar-refractivity contribution is 0.0601. The number of carbonyl (C=O) groups excluding carboxylic acids is 1. The molecule has 158 valence electrons. The summed E-state index contributed by atoms with van der Waals surface area (Å²) in [7, 11) is 3.03. The van der Waals surface area contributed by atoms with Gasteiger partial charge < -0.3 is 14.8 Å². The number of fused-ring (bicyclic) bond motifs is 1. The molecule has 0 saturated heterocycles. The maximum absolute atomic E-state index is 11.6. The Morgan fingerprint density at radius 1 is 1.23 bits per heavy atom. The van der Waals surface area contributed by atoms with Gasteiger partial charge >= 0.3 is 5.97 Å². The molecule has 3 rings (SSSR count). The fourth-order valence-corrected chi connectivity index (χ4v) is 3.38. The van der Waals surface area contributed by atoms with Crippen molar-refractivity contribution in [2.45, 2.75) is 33.2 Å². The van der Waals surface area contributed by atoms with Gasteiger partial charge in [-0.3, -0.25) is 0 Å². The zero-order valence-electron chi connectivity index (χ0n) is 18.0. The van der Waals surface area contributed by atoms with Crippen molar-refractivity contribution in [3.05, 3.63) is 65.7 Å². The number of nitrogens with zero attached hydrogens (tertiary/aromatic N) is 3. The van der Waals surface area contributed by atoms with E-state index in [1.807, 2.05) is 29.8 Å². The molecule has 0 amide bonds. The molecule has 0 aliphatic carbocycles. The summed E-state index contributed by atoms with van der Waals surface area (Å²) in [6.07, 6.45) is 11.1. The van der Waals surface area contributed by atoms with Crippen LogP contribution in [0.3, 0.4) is 0 Å². The number of aromatic nitrogens is 3. The predicted octanol–water partition coefficient (Wildman–Crippen LogP) is 4.90. The number of hydrogen-bond donors (Lipinski definition) is 1. The van der Waals surface area contributed by atoms with Gasteiger partial charge in [0.25, 0.3) is 0 Å². The first-order valence-electron chi connectivity index (χ1n) is 9.86. The van der Waals surface area contributed by atoms with E-state index in [2.05, 4.69) is 36.3 Å². The van der Waals surface area contributed by atoms with E-state index in [-0.39, 0.29) is 17.4 Å². The zero-order valence-corrected chi connectivity index (χ0v) is 18.0. The van der Waals surface area contributed by atoms with Crippen molar-refractivity contribution in [3.8, 4) is 0 Å². The number of allylic oxidation sites excluding steroid dienone is 4. The lowest BCUT2D eigenvalue weighted by Gasteiger charge is -2.33. The molecule has 0 bridgehead atoms. The van der Waals surface area contributed by atoms with Gasteiger partial charge in [0.2, 0.25) is 5.95 Å². The number of esters is 1. The minimum Gasteiger partial charge on any atom is -0.497 e. The zero-order chi connectivity index (χ0) is 21.7. The van der Waals surface area contributed by atoms with Gasteiger partial charge in [0, 0.05) is 11.1 Å². The van der Waals surface area contributed by atoms with Crippen LogP contribution in [0.4, 0.5) is 11.6 Å². The molecule has 7 nitrogen and oxygen atoms in total. The second-order valence-corrected chi connectivity index (χ2v) is 7.64. The molecule has 2 aromatic rings. The lowest BCUT2D eigenvalue weighted by atomic mass is 9.81. The third kappa shape index (κ3) is 4.62. The van der Waals surface area contributed by atoms with Crippen LogP contribution in [-0.2, 0) is 9.47 Å². The van der Waals surface area contributed by atoms with E-state index in [1.54, 1.807) is 31.4 Å². The van der Waals surface area contributed by atoms with Crippen LogP contribution in [0.25, 0.3) is 6.08 Å². The summed E-state index contributed by atoms with van der Waals surface area (Å²) in [5.74, 6) is 1.78. The highest BCUT2D eigenvalue weighted by atomic mass is 16.5. The Balaban J connectivity index is 1.81. The maximum Gasteiger partial charge on any atom is 0.337 e. The molecule has 1 aliphatic rings. The Labute approximate surface area is 177 Å². The van der Waals surface area contributed by atoms with Gasteiger partial charge in [-0.25, -0.2) is 9.48 Å². The highest BCUT2D eigenvalue weighted by molar-refractivity contribution is 5.89. The molecule has 1 aromatic heterocycles. The quantitative estimate of drug-likeness (QED) is 0.399. The van der Waals surface area contributed by atoms with Crippen molar-refractivity contribution >= 4 is 23.7 Å². The van der Waals surface area contributed by atoms with Crippen molar-refractivity contribution in [3.63, 3.8) is 0 Å². The monoisotopic (exact) mass is 408 g/mol. The number of anilines is 2. The van der Waals surface area contributed by atoms with Gasteiger partial charge in [-0.15, -0.1) is 5.10 Å². The molecule has 1 aliphatic heterocycles. The van der Waals surface area contributed by atoms with Crippen LogP contribution >= 0.6 is 0 Å². The van der Waals surface area contributed by atoms with Gasteiger partial charge in [-0.1, -0.05) is 26.0 Å². The highest BCUT2D eigenvalue weighted by Gasteiger charge is 2.32. The molecule has 7 heteroatoms. The van der Waals surface area contributed by atoms with Gasteiger partial charge in [-0.2, -0.15) is 4.98 Å². The molecular formula is C23H28N4O3. The van der Waals surface area contributed by atoms with Gasteiger partial charge in [-0.05, 0) is 55.8 Å². The maximum atomic E-state index is 11.6. The smallest absolute Gasteiger partial charge is 0.337 e. The predicted molar refractivity (Wildman–Crippen MR) is 117 cm³/mol. The topological polar surface area (TPSA) is 78.3 Å². The van der Waals surface area contributed by atoms with E-state index >= 15 is 0 Å². The minimum atomic E-state index is -0.366. The molecular weight excluding hydrogens is 380 g/mol. The van der Waals surface area contributed by atoms with E-state index in [9.17, 15) is 4.79 Å². The highest BCUT2D eigenvalue weighted by Crippen LogP contribution is 2.39. The third-order valence-corrected chi connectivity index (χ3v) is 5.20. The summed E-state index contributed by atoms with van der Waals surface area (Å²) in [5, 5.41) is 7.92. The number of carbonyl (C=O) groups is 1. The Morgan fingerprint density at radius 2 is 1.97 bits per heavy atom. The Hall–Kier alpha value is -3.35. The van der Waals surface area contributed by atoms with Crippen LogP contribution in [0.2, 0.25) is 0 Å². The van der Waals surface area contributed by atoms with Crippen molar-refractivity contribution in [2.75, 3.05) is 19.5 Å². The molecule has 0 radical (unpaired) electrons. The summed E-state index contributed by atoms with van der Waals surface area (Å²) in [5.41, 5.74) is 1.12. The molecule has 1 N–H and O–H groups in total. The number of hydrogen-bond acceptors (Lipinski definition) is 6.